The van der Waals surface area contributed by atoms with Crippen LogP contribution < -0.4 is 21.1 Å². The van der Waals surface area contributed by atoms with Gasteiger partial charge in [-0.3, -0.25) is 24.2 Å². The number of nitrogens with one attached hydrogen (secondary N) is 3. The Morgan fingerprint density at radius 2 is 2.00 bits per heavy atom. The van der Waals surface area contributed by atoms with Crippen molar-refractivity contribution in [3.8, 4) is 0 Å². The van der Waals surface area contributed by atoms with Gasteiger partial charge in [0.1, 0.15) is 5.82 Å². The Hall–Kier alpha value is -3.95. The normalized spacial score (nSPS) is 19.4. The zero-order valence-electron chi connectivity index (χ0n) is 19.8. The fourth-order valence-corrected chi connectivity index (χ4v) is 4.42. The molecule has 0 saturated carbocycles. The second kappa shape index (κ2) is 10.1. The molecular formula is C25H29N5O5. The van der Waals surface area contributed by atoms with Gasteiger partial charge >= 0.3 is 5.97 Å². The van der Waals surface area contributed by atoms with E-state index in [0.29, 0.717) is 31.8 Å². The van der Waals surface area contributed by atoms with Crippen LogP contribution >= 0.6 is 0 Å². The largest absolute Gasteiger partial charge is 0.466 e. The third-order valence-corrected chi connectivity index (χ3v) is 6.24. The summed E-state index contributed by atoms with van der Waals surface area (Å²) in [4.78, 5) is 59.7. The fraction of sp³-hybridized carbons (Fsp3) is 0.400. The molecule has 2 amide bonds. The summed E-state index contributed by atoms with van der Waals surface area (Å²) in [6.45, 7) is 8.78. The summed E-state index contributed by atoms with van der Waals surface area (Å²) in [5.74, 6) is -2.14. The average molecular weight is 480 g/mol. The zero-order chi connectivity index (χ0) is 25.1. The van der Waals surface area contributed by atoms with E-state index < -0.39 is 23.3 Å². The lowest BCUT2D eigenvalue weighted by atomic mass is 9.92. The van der Waals surface area contributed by atoms with Crippen molar-refractivity contribution in [2.24, 2.45) is 5.92 Å². The van der Waals surface area contributed by atoms with Crippen LogP contribution in [0.5, 0.6) is 0 Å². The molecule has 2 aliphatic rings. The second-order valence-corrected chi connectivity index (χ2v) is 8.84. The molecule has 35 heavy (non-hydrogen) atoms. The van der Waals surface area contributed by atoms with Crippen molar-refractivity contribution in [2.75, 3.05) is 35.2 Å². The first-order chi connectivity index (χ1) is 16.8. The first-order valence-electron chi connectivity index (χ1n) is 11.7. The molecule has 2 aromatic rings. The number of carbonyl (C=O) groups excluding carboxylic acids is 3. The van der Waals surface area contributed by atoms with Crippen molar-refractivity contribution < 1.29 is 19.1 Å². The standard InChI is InChI=1S/C25H29N5O5/c1-4-35-24(34)16-6-5-11-30(13-16)25-28-21-20(23(33)29-25)18(12-19(31)27-21)22(32)26-17-9-7-15(8-10-17)14(2)3/h7-10,16,18H,2,4-6,11-13H2,1,3H3,(H,26,32)(H2,27,28,29,31,33). The topological polar surface area (TPSA) is 133 Å². The van der Waals surface area contributed by atoms with E-state index in [1.165, 1.54) is 0 Å². The van der Waals surface area contributed by atoms with Crippen LogP contribution in [0.1, 0.15) is 50.2 Å². The van der Waals surface area contributed by atoms with E-state index in [2.05, 4.69) is 27.2 Å². The first kappa shape index (κ1) is 24.2. The molecule has 0 bridgehead atoms. The smallest absolute Gasteiger partial charge is 0.310 e. The number of hydrogen-bond donors (Lipinski definition) is 3. The number of esters is 1. The molecular weight excluding hydrogens is 450 g/mol. The van der Waals surface area contributed by atoms with Gasteiger partial charge in [-0.2, -0.15) is 4.98 Å². The number of benzene rings is 1. The van der Waals surface area contributed by atoms with Crippen molar-refractivity contribution >= 4 is 40.8 Å². The summed E-state index contributed by atoms with van der Waals surface area (Å²) in [5, 5.41) is 5.41. The zero-order valence-corrected chi connectivity index (χ0v) is 19.8. The number of H-pyrrole nitrogens is 1. The van der Waals surface area contributed by atoms with Gasteiger partial charge in [0.25, 0.3) is 5.56 Å². The van der Waals surface area contributed by atoms with Gasteiger partial charge in [0.05, 0.1) is 24.0 Å². The van der Waals surface area contributed by atoms with E-state index in [1.807, 2.05) is 19.1 Å². The highest BCUT2D eigenvalue weighted by atomic mass is 16.5. The van der Waals surface area contributed by atoms with E-state index in [1.54, 1.807) is 24.0 Å². The Bertz CT molecular complexity index is 1220. The number of ether oxygens (including phenoxy) is 1. The number of fused-ring (bicyclic) bond motifs is 1. The molecule has 10 nitrogen and oxygen atoms in total. The lowest BCUT2D eigenvalue weighted by Gasteiger charge is -2.32. The number of nitrogens with zero attached hydrogens (tertiary/aromatic N) is 2. The minimum Gasteiger partial charge on any atom is -0.466 e. The van der Waals surface area contributed by atoms with Crippen molar-refractivity contribution in [1.29, 1.82) is 0 Å². The van der Waals surface area contributed by atoms with Gasteiger partial charge in [0.15, 0.2) is 0 Å². The average Bonchev–Trinajstić information content (AvgIpc) is 2.83. The van der Waals surface area contributed by atoms with Crippen molar-refractivity contribution in [3.63, 3.8) is 0 Å². The number of hydrogen-bond acceptors (Lipinski definition) is 7. The van der Waals surface area contributed by atoms with Crippen molar-refractivity contribution in [3.05, 3.63) is 52.3 Å². The molecule has 4 rings (SSSR count). The fourth-order valence-electron chi connectivity index (χ4n) is 4.42. The molecule has 3 heterocycles. The molecule has 1 aromatic heterocycles. The summed E-state index contributed by atoms with van der Waals surface area (Å²) in [7, 11) is 0. The molecule has 2 atom stereocenters. The molecule has 1 saturated heterocycles. The third kappa shape index (κ3) is 5.26. The molecule has 184 valence electrons. The lowest BCUT2D eigenvalue weighted by Crippen LogP contribution is -2.42. The molecule has 2 unspecified atom stereocenters. The van der Waals surface area contributed by atoms with E-state index >= 15 is 0 Å². The molecule has 0 aliphatic carbocycles. The van der Waals surface area contributed by atoms with Crippen LogP contribution in [-0.2, 0) is 19.1 Å². The SMILES string of the molecule is C=C(C)c1ccc(NC(=O)C2CC(=O)Nc3nc(N4CCCC(C(=O)OCC)C4)[nH]c(=O)c32)cc1. The molecule has 10 heteroatoms. The third-order valence-electron chi connectivity index (χ3n) is 6.24. The maximum absolute atomic E-state index is 13.1. The molecule has 1 aromatic carbocycles. The number of carbonyl (C=O) groups is 3. The Kier molecular flexibility index (Phi) is 6.99. The van der Waals surface area contributed by atoms with Crippen LogP contribution in [0, 0.1) is 5.92 Å². The number of aromatic nitrogens is 2. The van der Waals surface area contributed by atoms with E-state index in [0.717, 1.165) is 17.6 Å². The van der Waals surface area contributed by atoms with Crippen LogP contribution in [0.3, 0.4) is 0 Å². The first-order valence-corrected chi connectivity index (χ1v) is 11.7. The molecule has 2 aliphatic heterocycles. The maximum Gasteiger partial charge on any atom is 0.310 e. The van der Waals surface area contributed by atoms with E-state index in [-0.39, 0.29) is 35.6 Å². The quantitative estimate of drug-likeness (QED) is 0.543. The molecule has 0 spiro atoms. The van der Waals surface area contributed by atoms with Gasteiger partial charge in [0, 0.05) is 25.2 Å². The van der Waals surface area contributed by atoms with E-state index in [9.17, 15) is 19.2 Å². The van der Waals surface area contributed by atoms with Crippen LogP contribution in [0.25, 0.3) is 5.57 Å². The summed E-state index contributed by atoms with van der Waals surface area (Å²) >= 11 is 0. The summed E-state index contributed by atoms with van der Waals surface area (Å²) in [6.07, 6.45) is 1.25. The van der Waals surface area contributed by atoms with Crippen LogP contribution in [0.15, 0.2) is 35.6 Å². The maximum atomic E-state index is 13.1. The summed E-state index contributed by atoms with van der Waals surface area (Å²) in [6, 6.07) is 7.16. The number of rotatable bonds is 6. The monoisotopic (exact) mass is 479 g/mol. The highest BCUT2D eigenvalue weighted by Gasteiger charge is 2.36. The van der Waals surface area contributed by atoms with E-state index in [4.69, 9.17) is 4.74 Å². The number of piperidine rings is 1. The predicted molar refractivity (Wildman–Crippen MR) is 132 cm³/mol. The highest BCUT2D eigenvalue weighted by molar-refractivity contribution is 6.04. The highest BCUT2D eigenvalue weighted by Crippen LogP contribution is 2.31. The van der Waals surface area contributed by atoms with Gasteiger partial charge < -0.3 is 20.3 Å². The van der Waals surface area contributed by atoms with Crippen LogP contribution in [0.4, 0.5) is 17.5 Å². The van der Waals surface area contributed by atoms with Crippen molar-refractivity contribution in [2.45, 2.75) is 39.0 Å². The van der Waals surface area contributed by atoms with Gasteiger partial charge in [-0.15, -0.1) is 0 Å². The number of aromatic amines is 1. The Labute approximate surface area is 202 Å². The predicted octanol–water partition coefficient (Wildman–Crippen LogP) is 2.65. The molecule has 3 N–H and O–H groups in total. The number of amides is 2. The summed E-state index contributed by atoms with van der Waals surface area (Å²) in [5.41, 5.74) is 2.01. The number of allylic oxidation sites excluding steroid dienone is 1. The minimum absolute atomic E-state index is 0.0658. The summed E-state index contributed by atoms with van der Waals surface area (Å²) < 4.78 is 5.14. The van der Waals surface area contributed by atoms with Crippen LogP contribution in [0.2, 0.25) is 0 Å². The molecule has 0 radical (unpaired) electrons. The van der Waals surface area contributed by atoms with Crippen molar-refractivity contribution in [1.82, 2.24) is 9.97 Å². The Balaban J connectivity index is 1.57. The van der Waals surface area contributed by atoms with Gasteiger partial charge in [-0.05, 0) is 44.4 Å². The lowest BCUT2D eigenvalue weighted by molar-refractivity contribution is -0.148. The molecule has 1 fully saturated rings. The Morgan fingerprint density at radius 3 is 2.69 bits per heavy atom. The minimum atomic E-state index is -0.987. The van der Waals surface area contributed by atoms with Crippen LogP contribution in [-0.4, -0.2) is 47.4 Å². The van der Waals surface area contributed by atoms with Gasteiger partial charge in [0.2, 0.25) is 17.8 Å². The Morgan fingerprint density at radius 1 is 1.26 bits per heavy atom. The number of anilines is 3. The van der Waals surface area contributed by atoms with Gasteiger partial charge in [-0.1, -0.05) is 24.3 Å². The second-order valence-electron chi connectivity index (χ2n) is 8.84. The van der Waals surface area contributed by atoms with Gasteiger partial charge in [-0.25, -0.2) is 0 Å².